The lowest BCUT2D eigenvalue weighted by Gasteiger charge is -2.42. The molecule has 6 rings (SSSR count). The largest absolute Gasteiger partial charge is 0.619 e. The zero-order valence-electron chi connectivity index (χ0n) is 15.9. The van der Waals surface area contributed by atoms with E-state index in [1.165, 1.54) is 25.0 Å². The standard InChI is InChI=1S/C21H22N6O2/c28-20(24-21(5-3-6-21)16-4-1-2-7-22-16)18-15-11-13-10-14(13)19(15)27(25-18)17-12-26(29)9-8-23-17/h1-2,4,7-9,12-15,19H,3,5-6,10-11H2,(H,24,28)/t13-,14-,15?,19?/m0/s1. The van der Waals surface area contributed by atoms with Crippen molar-refractivity contribution in [2.75, 3.05) is 5.01 Å². The molecule has 1 amide bonds. The van der Waals surface area contributed by atoms with Gasteiger partial charge in [-0.05, 0) is 56.1 Å². The second-order valence-electron chi connectivity index (χ2n) is 8.70. The van der Waals surface area contributed by atoms with E-state index in [9.17, 15) is 10.0 Å². The number of carbonyl (C=O) groups is 1. The highest BCUT2D eigenvalue weighted by Crippen LogP contribution is 2.59. The van der Waals surface area contributed by atoms with Crippen LogP contribution in [0.5, 0.6) is 0 Å². The summed E-state index contributed by atoms with van der Waals surface area (Å²) in [5.74, 6) is 1.68. The molecule has 148 valence electrons. The van der Waals surface area contributed by atoms with Crippen LogP contribution in [0.15, 0.2) is 48.1 Å². The molecule has 29 heavy (non-hydrogen) atoms. The maximum atomic E-state index is 13.4. The van der Waals surface area contributed by atoms with E-state index >= 15 is 0 Å². The molecule has 0 aromatic carbocycles. The first-order chi connectivity index (χ1) is 14.1. The summed E-state index contributed by atoms with van der Waals surface area (Å²) in [5.41, 5.74) is 1.10. The lowest BCUT2D eigenvalue weighted by atomic mass is 9.73. The van der Waals surface area contributed by atoms with E-state index in [1.807, 2.05) is 23.2 Å². The highest BCUT2D eigenvalue weighted by Gasteiger charge is 2.61. The van der Waals surface area contributed by atoms with E-state index in [-0.39, 0.29) is 17.9 Å². The van der Waals surface area contributed by atoms with Gasteiger partial charge in [0.1, 0.15) is 5.71 Å². The first kappa shape index (κ1) is 16.9. The van der Waals surface area contributed by atoms with E-state index in [4.69, 9.17) is 5.10 Å². The molecule has 2 aromatic heterocycles. The number of hydrogen-bond donors (Lipinski definition) is 1. The van der Waals surface area contributed by atoms with Crippen molar-refractivity contribution in [3.8, 4) is 0 Å². The minimum Gasteiger partial charge on any atom is -0.619 e. The van der Waals surface area contributed by atoms with Gasteiger partial charge in [-0.3, -0.25) is 9.78 Å². The molecule has 4 aliphatic rings. The molecule has 0 spiro atoms. The van der Waals surface area contributed by atoms with E-state index in [1.54, 1.807) is 6.20 Å². The first-order valence-electron chi connectivity index (χ1n) is 10.3. The molecular formula is C21H22N6O2. The van der Waals surface area contributed by atoms with Gasteiger partial charge < -0.3 is 10.5 Å². The summed E-state index contributed by atoms with van der Waals surface area (Å²) in [6.45, 7) is 0. The normalized spacial score (nSPS) is 30.8. The van der Waals surface area contributed by atoms with Crippen molar-refractivity contribution >= 4 is 17.4 Å². The van der Waals surface area contributed by atoms with Crippen LogP contribution in [0.1, 0.15) is 37.8 Å². The Morgan fingerprint density at radius 1 is 1.24 bits per heavy atom. The maximum Gasteiger partial charge on any atom is 0.268 e. The summed E-state index contributed by atoms with van der Waals surface area (Å²) >= 11 is 0. The second kappa shape index (κ2) is 5.98. The van der Waals surface area contributed by atoms with Crippen LogP contribution in [0, 0.1) is 23.0 Å². The fourth-order valence-corrected chi connectivity index (χ4v) is 5.41. The maximum absolute atomic E-state index is 13.4. The fraction of sp³-hybridized carbons (Fsp3) is 0.476. The number of fused-ring (bicyclic) bond motifs is 3. The average Bonchev–Trinajstić information content (AvgIpc) is 3.20. The van der Waals surface area contributed by atoms with E-state index in [0.717, 1.165) is 36.1 Å². The molecule has 0 radical (unpaired) electrons. The van der Waals surface area contributed by atoms with Crippen molar-refractivity contribution in [3.63, 3.8) is 0 Å². The quantitative estimate of drug-likeness (QED) is 0.630. The lowest BCUT2D eigenvalue weighted by Crippen LogP contribution is -2.54. The van der Waals surface area contributed by atoms with Gasteiger partial charge in [-0.1, -0.05) is 6.07 Å². The van der Waals surface area contributed by atoms with E-state index < -0.39 is 5.54 Å². The van der Waals surface area contributed by atoms with E-state index in [0.29, 0.717) is 23.4 Å². The van der Waals surface area contributed by atoms with Crippen LogP contribution >= 0.6 is 0 Å². The zero-order valence-corrected chi connectivity index (χ0v) is 15.9. The molecule has 2 aromatic rings. The molecule has 0 saturated heterocycles. The SMILES string of the molecule is O=C(NC1(c2ccccn2)CCC1)C1=NN(c2c[n+]([O-])ccn2)C2C1C[C@@H]1C[C@H]21. The first-order valence-corrected chi connectivity index (χ1v) is 10.3. The van der Waals surface area contributed by atoms with Crippen molar-refractivity contribution in [3.05, 3.63) is 53.9 Å². The van der Waals surface area contributed by atoms with Gasteiger partial charge in [-0.25, -0.2) is 9.99 Å². The van der Waals surface area contributed by atoms with Gasteiger partial charge in [0.2, 0.25) is 12.0 Å². The van der Waals surface area contributed by atoms with Crippen LogP contribution < -0.4 is 15.1 Å². The third-order valence-electron chi connectivity index (χ3n) is 7.08. The minimum absolute atomic E-state index is 0.0988. The van der Waals surface area contributed by atoms with Crippen LogP contribution in [-0.4, -0.2) is 27.6 Å². The minimum atomic E-state index is -0.395. The summed E-state index contributed by atoms with van der Waals surface area (Å²) in [7, 11) is 0. The lowest BCUT2D eigenvalue weighted by molar-refractivity contribution is -0.605. The Balaban J connectivity index is 1.31. The second-order valence-corrected chi connectivity index (χ2v) is 8.70. The molecule has 8 nitrogen and oxygen atoms in total. The van der Waals surface area contributed by atoms with Crippen molar-refractivity contribution in [1.29, 1.82) is 0 Å². The zero-order chi connectivity index (χ0) is 19.6. The molecule has 3 fully saturated rings. The predicted molar refractivity (Wildman–Crippen MR) is 105 cm³/mol. The van der Waals surface area contributed by atoms with Crippen molar-refractivity contribution < 1.29 is 9.52 Å². The van der Waals surface area contributed by atoms with Crippen LogP contribution in [0.3, 0.4) is 0 Å². The number of amides is 1. The predicted octanol–water partition coefficient (Wildman–Crippen LogP) is 1.51. The molecule has 3 heterocycles. The number of anilines is 1. The summed E-state index contributed by atoms with van der Waals surface area (Å²) in [5, 5.41) is 21.5. The van der Waals surface area contributed by atoms with Crippen molar-refractivity contribution in [2.24, 2.45) is 22.9 Å². The summed E-state index contributed by atoms with van der Waals surface area (Å²) in [4.78, 5) is 22.2. The molecule has 2 unspecified atom stereocenters. The number of nitrogens with one attached hydrogen (secondary N) is 1. The number of hydrazone groups is 1. The molecule has 3 saturated carbocycles. The third kappa shape index (κ3) is 2.54. The van der Waals surface area contributed by atoms with Crippen LogP contribution in [0.25, 0.3) is 0 Å². The molecule has 0 bridgehead atoms. The van der Waals surface area contributed by atoms with Crippen LogP contribution in [0.2, 0.25) is 0 Å². The number of nitrogens with zero attached hydrogens (tertiary/aromatic N) is 5. The molecule has 1 aliphatic heterocycles. The van der Waals surface area contributed by atoms with Gasteiger partial charge in [-0.15, -0.1) is 0 Å². The smallest absolute Gasteiger partial charge is 0.268 e. The van der Waals surface area contributed by atoms with Crippen LogP contribution in [0.4, 0.5) is 5.82 Å². The van der Waals surface area contributed by atoms with E-state index in [2.05, 4.69) is 15.3 Å². The highest BCUT2D eigenvalue weighted by atomic mass is 16.5. The summed E-state index contributed by atoms with van der Waals surface area (Å²) in [6, 6.07) is 5.96. The molecular weight excluding hydrogens is 368 g/mol. The van der Waals surface area contributed by atoms with Gasteiger partial charge in [0, 0.05) is 12.1 Å². The Morgan fingerprint density at radius 2 is 2.14 bits per heavy atom. The molecule has 1 N–H and O–H groups in total. The topological polar surface area (TPSA) is 97.4 Å². The highest BCUT2D eigenvalue weighted by molar-refractivity contribution is 6.41. The van der Waals surface area contributed by atoms with Gasteiger partial charge in [0.05, 0.1) is 23.5 Å². The van der Waals surface area contributed by atoms with Gasteiger partial charge in [-0.2, -0.15) is 9.83 Å². The Labute approximate surface area is 168 Å². The number of pyridine rings is 1. The van der Waals surface area contributed by atoms with Gasteiger partial charge >= 0.3 is 0 Å². The fourth-order valence-electron chi connectivity index (χ4n) is 5.41. The monoisotopic (exact) mass is 390 g/mol. The average molecular weight is 390 g/mol. The summed E-state index contributed by atoms with van der Waals surface area (Å²) < 4.78 is 0.731. The number of rotatable bonds is 4. The molecule has 3 aliphatic carbocycles. The van der Waals surface area contributed by atoms with Crippen molar-refractivity contribution in [2.45, 2.75) is 43.7 Å². The Kier molecular flexibility index (Phi) is 3.48. The third-order valence-corrected chi connectivity index (χ3v) is 7.08. The number of hydrogen-bond acceptors (Lipinski definition) is 6. The van der Waals surface area contributed by atoms with Gasteiger partial charge in [0.25, 0.3) is 5.91 Å². The summed E-state index contributed by atoms with van der Waals surface area (Å²) in [6.07, 6.45) is 11.1. The van der Waals surface area contributed by atoms with Crippen molar-refractivity contribution in [1.82, 2.24) is 15.3 Å². The Bertz CT molecular complexity index is 1010. The Morgan fingerprint density at radius 3 is 2.86 bits per heavy atom. The number of aromatic nitrogens is 3. The van der Waals surface area contributed by atoms with Crippen LogP contribution in [-0.2, 0) is 10.3 Å². The number of carbonyl (C=O) groups excluding carboxylic acids is 1. The molecule has 8 heteroatoms. The Hall–Kier alpha value is -3.03. The molecule has 4 atom stereocenters. The van der Waals surface area contributed by atoms with Gasteiger partial charge in [0.15, 0.2) is 6.20 Å².